The predicted molar refractivity (Wildman–Crippen MR) is 84.9 cm³/mol. The molecule has 0 bridgehead atoms. The minimum absolute atomic E-state index is 0.110. The van der Waals surface area contributed by atoms with Gasteiger partial charge in [0.05, 0.1) is 12.0 Å². The molecule has 120 valence electrons. The average molecular weight is 312 g/mol. The fourth-order valence-electron chi connectivity index (χ4n) is 3.48. The van der Waals surface area contributed by atoms with Gasteiger partial charge in [-0.2, -0.15) is 0 Å². The zero-order valence-electron chi connectivity index (χ0n) is 12.8. The van der Waals surface area contributed by atoms with Crippen molar-refractivity contribution < 1.29 is 4.79 Å². The van der Waals surface area contributed by atoms with Gasteiger partial charge in [-0.3, -0.25) is 20.6 Å². The van der Waals surface area contributed by atoms with Crippen molar-refractivity contribution in [1.82, 2.24) is 30.7 Å². The summed E-state index contributed by atoms with van der Waals surface area (Å²) in [6.07, 6.45) is 10.0. The van der Waals surface area contributed by atoms with E-state index in [4.69, 9.17) is 0 Å². The Bertz CT molecular complexity index is 686. The molecular formula is C16H20N6O. The summed E-state index contributed by atoms with van der Waals surface area (Å²) in [5, 5.41) is 3.13. The van der Waals surface area contributed by atoms with Crippen molar-refractivity contribution in [2.24, 2.45) is 5.92 Å². The molecular weight excluding hydrogens is 292 g/mol. The lowest BCUT2D eigenvalue weighted by atomic mass is 9.83. The molecule has 1 saturated heterocycles. The highest BCUT2D eigenvalue weighted by atomic mass is 16.1. The smallest absolute Gasteiger partial charge is 0.270 e. The Morgan fingerprint density at radius 1 is 1.35 bits per heavy atom. The molecule has 3 unspecified atom stereocenters. The molecule has 2 aliphatic rings. The number of pyridine rings is 1. The second kappa shape index (κ2) is 6.10. The van der Waals surface area contributed by atoms with Crippen LogP contribution in [-0.2, 0) is 0 Å². The summed E-state index contributed by atoms with van der Waals surface area (Å²) in [5.74, 6) is 0.576. The Morgan fingerprint density at radius 2 is 2.30 bits per heavy atom. The molecule has 3 heterocycles. The Morgan fingerprint density at radius 3 is 3.17 bits per heavy atom. The first-order valence-corrected chi connectivity index (χ1v) is 8.03. The summed E-state index contributed by atoms with van der Waals surface area (Å²) < 4.78 is 1.86. The van der Waals surface area contributed by atoms with E-state index in [1.165, 1.54) is 0 Å². The highest BCUT2D eigenvalue weighted by molar-refractivity contribution is 5.92. The van der Waals surface area contributed by atoms with E-state index in [1.54, 1.807) is 24.8 Å². The Balaban J connectivity index is 1.44. The van der Waals surface area contributed by atoms with Crippen LogP contribution < -0.4 is 16.2 Å². The van der Waals surface area contributed by atoms with Crippen LogP contribution in [0.5, 0.6) is 0 Å². The molecule has 3 N–H and O–H groups in total. The lowest BCUT2D eigenvalue weighted by Gasteiger charge is -2.31. The van der Waals surface area contributed by atoms with Crippen molar-refractivity contribution in [1.29, 1.82) is 0 Å². The normalized spacial score (nSPS) is 26.7. The molecule has 2 aromatic heterocycles. The number of hydrogen-bond acceptors (Lipinski definition) is 5. The SMILES string of the molecule is O=C(NC1CCC2CNNC2C1)c1cc(-n2ccnc2)ccn1. The van der Waals surface area contributed by atoms with Gasteiger partial charge in [-0.15, -0.1) is 0 Å². The number of fused-ring (bicyclic) bond motifs is 1. The second-order valence-electron chi connectivity index (χ2n) is 6.24. The van der Waals surface area contributed by atoms with Crippen LogP contribution in [0.4, 0.5) is 0 Å². The van der Waals surface area contributed by atoms with Crippen LogP contribution in [0.3, 0.4) is 0 Å². The largest absolute Gasteiger partial charge is 0.348 e. The molecule has 0 aromatic carbocycles. The van der Waals surface area contributed by atoms with Gasteiger partial charge in [0.1, 0.15) is 5.69 Å². The molecule has 0 radical (unpaired) electrons. The molecule has 1 saturated carbocycles. The maximum Gasteiger partial charge on any atom is 0.270 e. The minimum atomic E-state index is -0.110. The third-order valence-electron chi connectivity index (χ3n) is 4.76. The number of rotatable bonds is 3. The summed E-state index contributed by atoms with van der Waals surface area (Å²) in [5.41, 5.74) is 7.83. The number of amides is 1. The lowest BCUT2D eigenvalue weighted by Crippen LogP contribution is -2.45. The number of imidazole rings is 1. The van der Waals surface area contributed by atoms with Crippen molar-refractivity contribution in [3.05, 3.63) is 42.7 Å². The van der Waals surface area contributed by atoms with Gasteiger partial charge in [0.25, 0.3) is 5.91 Å². The van der Waals surface area contributed by atoms with Crippen molar-refractivity contribution in [2.75, 3.05) is 6.54 Å². The van der Waals surface area contributed by atoms with Gasteiger partial charge in [0.15, 0.2) is 0 Å². The van der Waals surface area contributed by atoms with Crippen LogP contribution in [0.1, 0.15) is 29.8 Å². The second-order valence-corrected chi connectivity index (χ2v) is 6.24. The van der Waals surface area contributed by atoms with Crippen LogP contribution in [0.25, 0.3) is 5.69 Å². The fraction of sp³-hybridized carbons (Fsp3) is 0.438. The van der Waals surface area contributed by atoms with E-state index in [1.807, 2.05) is 16.8 Å². The van der Waals surface area contributed by atoms with Crippen LogP contribution in [0.15, 0.2) is 37.1 Å². The van der Waals surface area contributed by atoms with Crippen molar-refractivity contribution in [3.8, 4) is 5.69 Å². The van der Waals surface area contributed by atoms with Gasteiger partial charge in [-0.1, -0.05) is 0 Å². The van der Waals surface area contributed by atoms with Gasteiger partial charge in [-0.05, 0) is 37.3 Å². The number of hydrazine groups is 1. The molecule has 4 rings (SSSR count). The van der Waals surface area contributed by atoms with Crippen molar-refractivity contribution in [2.45, 2.75) is 31.3 Å². The monoisotopic (exact) mass is 312 g/mol. The molecule has 2 aromatic rings. The van der Waals surface area contributed by atoms with E-state index >= 15 is 0 Å². The molecule has 1 aliphatic carbocycles. The highest BCUT2D eigenvalue weighted by Gasteiger charge is 2.34. The van der Waals surface area contributed by atoms with Gasteiger partial charge in [0.2, 0.25) is 0 Å². The van der Waals surface area contributed by atoms with Crippen LogP contribution in [0, 0.1) is 5.92 Å². The maximum atomic E-state index is 12.5. The van der Waals surface area contributed by atoms with Gasteiger partial charge < -0.3 is 9.88 Å². The number of carbonyl (C=O) groups is 1. The summed E-state index contributed by atoms with van der Waals surface area (Å²) in [6.45, 7) is 1.03. The molecule has 7 nitrogen and oxygen atoms in total. The number of hydrogen-bond donors (Lipinski definition) is 3. The average Bonchev–Trinajstić information content (AvgIpc) is 3.26. The molecule has 3 atom stereocenters. The van der Waals surface area contributed by atoms with Gasteiger partial charge >= 0.3 is 0 Å². The topological polar surface area (TPSA) is 83.9 Å². The first-order valence-electron chi connectivity index (χ1n) is 8.03. The van der Waals surface area contributed by atoms with E-state index in [-0.39, 0.29) is 11.9 Å². The summed E-state index contributed by atoms with van der Waals surface area (Å²) in [6, 6.07) is 4.31. The first-order chi connectivity index (χ1) is 11.3. The molecule has 0 spiro atoms. The Hall–Kier alpha value is -2.25. The van der Waals surface area contributed by atoms with Crippen molar-refractivity contribution in [3.63, 3.8) is 0 Å². The van der Waals surface area contributed by atoms with E-state index < -0.39 is 0 Å². The van der Waals surface area contributed by atoms with E-state index in [0.29, 0.717) is 17.7 Å². The van der Waals surface area contributed by atoms with E-state index in [9.17, 15) is 4.79 Å². The quantitative estimate of drug-likeness (QED) is 0.775. The minimum Gasteiger partial charge on any atom is -0.348 e. The standard InChI is InChI=1S/C16H20N6O/c23-16(20-12-2-1-11-9-19-21-14(11)7-12)15-8-13(3-4-18-15)22-6-5-17-10-22/h3-6,8,10-12,14,19,21H,1-2,7,9H2,(H,20,23). The number of nitrogens with one attached hydrogen (secondary N) is 3. The summed E-state index contributed by atoms with van der Waals surface area (Å²) in [4.78, 5) is 20.7. The van der Waals surface area contributed by atoms with Crippen LogP contribution in [-0.4, -0.2) is 39.1 Å². The molecule has 2 fully saturated rings. The van der Waals surface area contributed by atoms with Crippen LogP contribution in [0.2, 0.25) is 0 Å². The highest BCUT2D eigenvalue weighted by Crippen LogP contribution is 2.26. The number of aromatic nitrogens is 3. The van der Waals surface area contributed by atoms with E-state index in [0.717, 1.165) is 31.5 Å². The first kappa shape index (κ1) is 14.3. The molecule has 23 heavy (non-hydrogen) atoms. The van der Waals surface area contributed by atoms with Gasteiger partial charge in [0, 0.05) is 37.2 Å². The third-order valence-corrected chi connectivity index (χ3v) is 4.76. The zero-order valence-corrected chi connectivity index (χ0v) is 12.8. The predicted octanol–water partition coefficient (Wildman–Crippen LogP) is 0.642. The molecule has 1 amide bonds. The molecule has 1 aliphatic heterocycles. The fourth-order valence-corrected chi connectivity index (χ4v) is 3.48. The Labute approximate surface area is 134 Å². The third kappa shape index (κ3) is 2.97. The van der Waals surface area contributed by atoms with Crippen molar-refractivity contribution >= 4 is 5.91 Å². The van der Waals surface area contributed by atoms with E-state index in [2.05, 4.69) is 26.1 Å². The van der Waals surface area contributed by atoms with Crippen LogP contribution >= 0.6 is 0 Å². The number of nitrogens with zero attached hydrogens (tertiary/aromatic N) is 3. The summed E-state index contributed by atoms with van der Waals surface area (Å²) in [7, 11) is 0. The number of carbonyl (C=O) groups excluding carboxylic acids is 1. The maximum absolute atomic E-state index is 12.5. The summed E-state index contributed by atoms with van der Waals surface area (Å²) >= 11 is 0. The zero-order chi connectivity index (χ0) is 15.6. The van der Waals surface area contributed by atoms with Gasteiger partial charge in [-0.25, -0.2) is 4.98 Å². The molecule has 7 heteroatoms. The lowest BCUT2D eigenvalue weighted by molar-refractivity contribution is 0.0914. The Kier molecular flexibility index (Phi) is 3.80.